The molecule has 11 heteroatoms. The van der Waals surface area contributed by atoms with E-state index in [4.69, 9.17) is 9.69 Å². The summed E-state index contributed by atoms with van der Waals surface area (Å²) in [6.45, 7) is 0. The van der Waals surface area contributed by atoms with E-state index in [1.165, 1.54) is 0 Å². The quantitative estimate of drug-likeness (QED) is 0.232. The minimum absolute atomic E-state index is 0. The van der Waals surface area contributed by atoms with Gasteiger partial charge in [-0.2, -0.15) is 0 Å². The van der Waals surface area contributed by atoms with Crippen LogP contribution in [0.15, 0.2) is 0 Å². The van der Waals surface area contributed by atoms with Crippen LogP contribution >= 0.6 is 77.8 Å². The minimum atomic E-state index is -3.52. The van der Waals surface area contributed by atoms with E-state index in [0.29, 0.717) is 0 Å². The van der Waals surface area contributed by atoms with E-state index in [1.54, 1.807) is 0 Å². The van der Waals surface area contributed by atoms with Crippen molar-refractivity contribution < 1.29 is 161 Å². The third kappa shape index (κ3) is 71.1. The number of hydrogen-bond donors (Lipinski definition) is 0. The fraction of sp³-hybridized carbons (Fsp3) is 0. The molecule has 0 bridgehead atoms. The van der Waals surface area contributed by atoms with E-state index >= 15 is 0 Å². The van der Waals surface area contributed by atoms with E-state index in [0.717, 1.165) is 0 Å². The summed E-state index contributed by atoms with van der Waals surface area (Å²) in [7, 11) is 5.80. The second kappa shape index (κ2) is 9.99. The van der Waals surface area contributed by atoms with Crippen molar-refractivity contribution >= 4 is 77.8 Å². The van der Waals surface area contributed by atoms with Gasteiger partial charge in [0.25, 0.3) is 0 Å². The largest absolute Gasteiger partial charge is 1.00 e. The first-order chi connectivity index (χ1) is 2.45. The van der Waals surface area contributed by atoms with Crippen LogP contribution in [0.4, 0.5) is 0 Å². The summed E-state index contributed by atoms with van der Waals surface area (Å²) < 4.78 is -3.52. The van der Waals surface area contributed by atoms with Gasteiger partial charge in [-0.3, -0.25) is 0 Å². The number of halogens is 6. The molecule has 0 atom stereocenters. The van der Waals surface area contributed by atoms with Crippen molar-refractivity contribution in [1.29, 1.82) is 0 Å². The van der Waals surface area contributed by atoms with Crippen molar-refractivity contribution in [1.82, 2.24) is 0 Å². The molecule has 0 amide bonds. The molecule has 0 rings (SSSR count). The molecule has 0 fully saturated rings. The molecule has 1 nitrogen and oxygen atoms in total. The zero-order chi connectivity index (χ0) is 6.41. The summed E-state index contributed by atoms with van der Waals surface area (Å²) >= 11 is 16.0. The van der Waals surface area contributed by atoms with E-state index in [9.17, 15) is 0 Å². The van der Waals surface area contributed by atoms with Crippen molar-refractivity contribution in [3.8, 4) is 0 Å². The molecular formula is H2Br5ClK3ORu. The van der Waals surface area contributed by atoms with Crippen LogP contribution in [0.1, 0.15) is 0 Å². The van der Waals surface area contributed by atoms with Crippen molar-refractivity contribution in [2.24, 2.45) is 0 Å². The zero-order valence-electron chi connectivity index (χ0n) is 6.12. The molecule has 0 aliphatic rings. The molecule has 0 heterocycles. The standard InChI is InChI=1S/5BrH.ClH.3K.H2O.Ru/h6*1H;;;;1H2;/q;;;;;;3*+1;;+3/p-6. The Balaban J connectivity index is -0.0000000300. The molecular weight excluding hydrogens is 669 g/mol. The molecule has 0 aromatic carbocycles. The van der Waals surface area contributed by atoms with Gasteiger partial charge in [-0.1, -0.05) is 0 Å². The summed E-state index contributed by atoms with van der Waals surface area (Å²) in [5.41, 5.74) is 0. The van der Waals surface area contributed by atoms with Gasteiger partial charge in [-0.05, 0) is 0 Å². The Labute approximate surface area is 230 Å². The number of hydrogen-bond acceptors (Lipinski definition) is 0. The SMILES string of the molecule is O.[Cl][Ru-3]([Br])([Br])([Br])([Br])[Br].[K+].[K+].[K+]. The fourth-order valence-corrected chi connectivity index (χ4v) is 0. The van der Waals surface area contributed by atoms with Gasteiger partial charge in [0.1, 0.15) is 0 Å². The van der Waals surface area contributed by atoms with Gasteiger partial charge in [-0.25, -0.2) is 0 Å². The van der Waals surface area contributed by atoms with E-state index in [-0.39, 0.29) is 160 Å². The summed E-state index contributed by atoms with van der Waals surface area (Å²) in [5, 5.41) is 0. The molecule has 0 radical (unpaired) electrons. The first-order valence-corrected chi connectivity index (χ1v) is 22.9. The van der Waals surface area contributed by atoms with Crippen molar-refractivity contribution in [2.75, 3.05) is 0 Å². The summed E-state index contributed by atoms with van der Waals surface area (Å²) in [5.74, 6) is 0. The van der Waals surface area contributed by atoms with Crippen molar-refractivity contribution in [3.63, 3.8) is 0 Å². The Morgan fingerprint density at radius 3 is 0.727 bits per heavy atom. The molecule has 61 valence electrons. The maximum atomic E-state index is 5.80. The molecule has 11 heavy (non-hydrogen) atoms. The van der Waals surface area contributed by atoms with Crippen LogP contribution in [0.25, 0.3) is 0 Å². The number of rotatable bonds is 0. The first kappa shape index (κ1) is 31.5. The van der Waals surface area contributed by atoms with Crippen LogP contribution in [0.2, 0.25) is 0 Å². The van der Waals surface area contributed by atoms with Gasteiger partial charge in [0, 0.05) is 0 Å². The van der Waals surface area contributed by atoms with Gasteiger partial charge in [0.05, 0.1) is 0 Å². The molecule has 0 aliphatic heterocycles. The van der Waals surface area contributed by atoms with Crippen LogP contribution in [0.5, 0.6) is 0 Å². The predicted molar refractivity (Wildman–Crippen MR) is 54.1 cm³/mol. The normalized spacial score (nSPS) is 14.7. The van der Waals surface area contributed by atoms with Gasteiger partial charge in [0.15, 0.2) is 0 Å². The summed E-state index contributed by atoms with van der Waals surface area (Å²) in [6, 6.07) is 0. The van der Waals surface area contributed by atoms with E-state index in [1.807, 2.05) is 0 Å². The van der Waals surface area contributed by atoms with Gasteiger partial charge >= 0.3 is 234 Å². The minimum Gasteiger partial charge on any atom is 1.00 e. The summed E-state index contributed by atoms with van der Waals surface area (Å²) in [4.78, 5) is 0. The third-order valence-corrected chi connectivity index (χ3v) is 0. The van der Waals surface area contributed by atoms with Crippen LogP contribution < -0.4 is 154 Å². The van der Waals surface area contributed by atoms with Gasteiger partial charge < -0.3 is 5.48 Å². The Kier molecular flexibility index (Phi) is 28.6. The predicted octanol–water partition coefficient (Wildman–Crippen LogP) is -4.90. The molecule has 0 aliphatic carbocycles. The van der Waals surface area contributed by atoms with Crippen molar-refractivity contribution in [2.45, 2.75) is 0 Å². The monoisotopic (exact) mass is 666 g/mol. The van der Waals surface area contributed by atoms with Gasteiger partial charge in [-0.15, -0.1) is 0 Å². The maximum Gasteiger partial charge on any atom is 1.00 e. The van der Waals surface area contributed by atoms with Crippen LogP contribution in [0, 0.1) is 0 Å². The van der Waals surface area contributed by atoms with Gasteiger partial charge in [0.2, 0.25) is 0 Å². The molecule has 0 aromatic heterocycles. The fourth-order valence-electron chi connectivity index (χ4n) is 0. The average molecular weight is 671 g/mol. The Morgan fingerprint density at radius 2 is 0.727 bits per heavy atom. The topological polar surface area (TPSA) is 31.5 Å². The van der Waals surface area contributed by atoms with Crippen LogP contribution in [0.3, 0.4) is 0 Å². The van der Waals surface area contributed by atoms with Crippen LogP contribution in [-0.2, 0) is 1.63 Å². The zero-order valence-corrected chi connectivity index (χ0v) is 25.9. The van der Waals surface area contributed by atoms with Crippen LogP contribution in [-0.4, -0.2) is 5.48 Å². The van der Waals surface area contributed by atoms with Crippen molar-refractivity contribution in [3.05, 3.63) is 0 Å². The average Bonchev–Trinajstić information content (AvgIpc) is 0.592. The molecule has 2 N–H and O–H groups in total. The molecule has 0 saturated heterocycles. The molecule has 0 saturated carbocycles. The third-order valence-electron chi connectivity index (χ3n) is 0. The molecule has 0 unspecified atom stereocenters. The smallest absolute Gasteiger partial charge is 1.00 e. The Morgan fingerprint density at radius 1 is 0.727 bits per heavy atom. The molecule has 0 spiro atoms. The Hall–Kier alpha value is 8.18. The maximum absolute atomic E-state index is 5.80. The molecule has 0 aromatic rings. The first-order valence-electron chi connectivity index (χ1n) is 0.802. The Bertz CT molecular complexity index is 80.3. The summed E-state index contributed by atoms with van der Waals surface area (Å²) in [6.07, 6.45) is 0. The van der Waals surface area contributed by atoms with E-state index in [2.05, 4.69) is 68.1 Å². The second-order valence-electron chi connectivity index (χ2n) is 0.758. The van der Waals surface area contributed by atoms with E-state index < -0.39 is 1.63 Å². The second-order valence-corrected chi connectivity index (χ2v) is 104.